The van der Waals surface area contributed by atoms with E-state index in [0.29, 0.717) is 19.5 Å². The Morgan fingerprint density at radius 1 is 1.09 bits per heavy atom. The van der Waals surface area contributed by atoms with Gasteiger partial charge in [-0.1, -0.05) is 60.7 Å². The highest BCUT2D eigenvalue weighted by Gasteiger charge is 2.28. The third-order valence-corrected chi connectivity index (χ3v) is 4.31. The lowest BCUT2D eigenvalue weighted by Gasteiger charge is -2.20. The maximum Gasteiger partial charge on any atom is 0.237 e. The van der Waals surface area contributed by atoms with Crippen LogP contribution < -0.4 is 10.6 Å². The summed E-state index contributed by atoms with van der Waals surface area (Å²) in [6.07, 6.45) is 0.0532. The van der Waals surface area contributed by atoms with Crippen LogP contribution in [0.15, 0.2) is 60.7 Å². The zero-order valence-electron chi connectivity index (χ0n) is 13.0. The highest BCUT2D eigenvalue weighted by atomic mass is 16.3. The molecule has 0 aliphatic carbocycles. The van der Waals surface area contributed by atoms with Crippen LogP contribution in [0.1, 0.15) is 23.5 Å². The van der Waals surface area contributed by atoms with Crippen molar-refractivity contribution in [2.45, 2.75) is 24.5 Å². The van der Waals surface area contributed by atoms with Gasteiger partial charge < -0.3 is 15.7 Å². The Bertz CT molecular complexity index is 591. The van der Waals surface area contributed by atoms with E-state index >= 15 is 0 Å². The molecule has 1 amide bonds. The van der Waals surface area contributed by atoms with E-state index in [1.54, 1.807) is 0 Å². The first-order valence-electron chi connectivity index (χ1n) is 8.03. The number of hydrogen-bond acceptors (Lipinski definition) is 3. The fourth-order valence-electron chi connectivity index (χ4n) is 3.04. The molecule has 4 nitrogen and oxygen atoms in total. The molecule has 3 rings (SSSR count). The predicted molar refractivity (Wildman–Crippen MR) is 90.2 cm³/mol. The molecule has 1 aliphatic rings. The molecular formula is C19H22N2O2. The first-order valence-corrected chi connectivity index (χ1v) is 8.03. The second kappa shape index (κ2) is 7.40. The Kier molecular flexibility index (Phi) is 5.05. The molecule has 3 N–H and O–H groups in total. The van der Waals surface area contributed by atoms with Crippen LogP contribution in [0.3, 0.4) is 0 Å². The number of carbonyl (C=O) groups is 1. The highest BCUT2D eigenvalue weighted by Crippen LogP contribution is 2.23. The lowest BCUT2D eigenvalue weighted by molar-refractivity contribution is -0.122. The van der Waals surface area contributed by atoms with Crippen LogP contribution in [0.2, 0.25) is 0 Å². The standard InChI is InChI=1S/C19H22N2O2/c22-16-11-18(20-12-16)19(23)21-13-17(14-7-3-1-4-8-14)15-9-5-2-6-10-15/h1-10,16-18,20,22H,11-13H2,(H,21,23)/t16-,18-/m0/s1. The van der Waals surface area contributed by atoms with Crippen molar-refractivity contribution in [2.24, 2.45) is 0 Å². The predicted octanol–water partition coefficient (Wildman–Crippen LogP) is 1.66. The van der Waals surface area contributed by atoms with Gasteiger partial charge in [-0.15, -0.1) is 0 Å². The van der Waals surface area contributed by atoms with Gasteiger partial charge in [0, 0.05) is 19.0 Å². The Morgan fingerprint density at radius 2 is 1.65 bits per heavy atom. The maximum atomic E-state index is 12.3. The second-order valence-corrected chi connectivity index (χ2v) is 5.97. The van der Waals surface area contributed by atoms with Crippen molar-refractivity contribution in [2.75, 3.05) is 13.1 Å². The molecule has 0 saturated carbocycles. The Morgan fingerprint density at radius 3 is 2.13 bits per heavy atom. The van der Waals surface area contributed by atoms with Gasteiger partial charge in [0.05, 0.1) is 12.1 Å². The summed E-state index contributed by atoms with van der Waals surface area (Å²) >= 11 is 0. The SMILES string of the molecule is O=C(NCC(c1ccccc1)c1ccccc1)[C@@H]1C[C@H](O)CN1. The van der Waals surface area contributed by atoms with Crippen LogP contribution in [0.4, 0.5) is 0 Å². The van der Waals surface area contributed by atoms with E-state index in [9.17, 15) is 9.90 Å². The van der Waals surface area contributed by atoms with E-state index in [2.05, 4.69) is 34.9 Å². The fourth-order valence-corrected chi connectivity index (χ4v) is 3.04. The fraction of sp³-hybridized carbons (Fsp3) is 0.316. The topological polar surface area (TPSA) is 61.4 Å². The molecule has 2 aromatic rings. The number of aliphatic hydroxyl groups is 1. The molecule has 0 radical (unpaired) electrons. The summed E-state index contributed by atoms with van der Waals surface area (Å²) in [5.74, 6) is 0.0751. The van der Waals surface area contributed by atoms with Crippen molar-refractivity contribution in [3.8, 4) is 0 Å². The molecule has 1 heterocycles. The van der Waals surface area contributed by atoms with Crippen molar-refractivity contribution >= 4 is 5.91 Å². The summed E-state index contributed by atoms with van der Waals surface area (Å²) in [7, 11) is 0. The number of amides is 1. The molecule has 1 aliphatic heterocycles. The smallest absolute Gasteiger partial charge is 0.237 e. The summed E-state index contributed by atoms with van der Waals surface area (Å²) in [6.45, 7) is 1.03. The van der Waals surface area contributed by atoms with E-state index in [4.69, 9.17) is 0 Å². The summed E-state index contributed by atoms with van der Waals surface area (Å²) in [4.78, 5) is 12.3. The minimum Gasteiger partial charge on any atom is -0.392 e. The Labute approximate surface area is 136 Å². The van der Waals surface area contributed by atoms with E-state index in [-0.39, 0.29) is 17.9 Å². The molecule has 1 saturated heterocycles. The third kappa shape index (κ3) is 3.97. The average Bonchev–Trinajstić information content (AvgIpc) is 3.03. The Hall–Kier alpha value is -2.17. The van der Waals surface area contributed by atoms with Crippen molar-refractivity contribution in [1.82, 2.24) is 10.6 Å². The van der Waals surface area contributed by atoms with Crippen LogP contribution in [-0.4, -0.2) is 36.2 Å². The molecule has 0 bridgehead atoms. The Balaban J connectivity index is 1.71. The monoisotopic (exact) mass is 310 g/mol. The molecule has 2 aromatic carbocycles. The van der Waals surface area contributed by atoms with Crippen LogP contribution in [-0.2, 0) is 4.79 Å². The minimum atomic E-state index is -0.426. The van der Waals surface area contributed by atoms with E-state index in [1.165, 1.54) is 11.1 Å². The van der Waals surface area contributed by atoms with Gasteiger partial charge in [-0.2, -0.15) is 0 Å². The minimum absolute atomic E-state index is 0.0431. The molecule has 0 spiro atoms. The molecule has 0 aromatic heterocycles. The normalized spacial score (nSPS) is 20.6. The van der Waals surface area contributed by atoms with Gasteiger partial charge in [-0.3, -0.25) is 4.79 Å². The van der Waals surface area contributed by atoms with Gasteiger partial charge in [-0.25, -0.2) is 0 Å². The van der Waals surface area contributed by atoms with Crippen LogP contribution in [0.25, 0.3) is 0 Å². The zero-order chi connectivity index (χ0) is 16.1. The highest BCUT2D eigenvalue weighted by molar-refractivity contribution is 5.82. The van der Waals surface area contributed by atoms with Crippen molar-refractivity contribution in [3.05, 3.63) is 71.8 Å². The van der Waals surface area contributed by atoms with Crippen molar-refractivity contribution < 1.29 is 9.90 Å². The maximum absolute atomic E-state index is 12.3. The van der Waals surface area contributed by atoms with E-state index in [1.807, 2.05) is 36.4 Å². The third-order valence-electron chi connectivity index (χ3n) is 4.31. The van der Waals surface area contributed by atoms with Crippen molar-refractivity contribution in [1.29, 1.82) is 0 Å². The lowest BCUT2D eigenvalue weighted by Crippen LogP contribution is -2.42. The zero-order valence-corrected chi connectivity index (χ0v) is 13.0. The van der Waals surface area contributed by atoms with Crippen LogP contribution in [0, 0.1) is 0 Å². The number of aliphatic hydroxyl groups excluding tert-OH is 1. The van der Waals surface area contributed by atoms with Gasteiger partial charge in [0.2, 0.25) is 5.91 Å². The largest absolute Gasteiger partial charge is 0.392 e. The second-order valence-electron chi connectivity index (χ2n) is 5.97. The molecule has 23 heavy (non-hydrogen) atoms. The summed E-state index contributed by atoms with van der Waals surface area (Å²) in [5, 5.41) is 15.6. The first kappa shape index (κ1) is 15.7. The van der Waals surface area contributed by atoms with Gasteiger partial charge in [0.25, 0.3) is 0 Å². The molecular weight excluding hydrogens is 288 g/mol. The lowest BCUT2D eigenvalue weighted by atomic mass is 9.91. The molecule has 4 heteroatoms. The van der Waals surface area contributed by atoms with Crippen LogP contribution in [0.5, 0.6) is 0 Å². The number of benzene rings is 2. The summed E-state index contributed by atoms with van der Waals surface area (Å²) < 4.78 is 0. The van der Waals surface area contributed by atoms with Gasteiger partial charge in [0.15, 0.2) is 0 Å². The number of rotatable bonds is 5. The number of carbonyl (C=O) groups excluding carboxylic acids is 1. The van der Waals surface area contributed by atoms with Gasteiger partial charge in [0.1, 0.15) is 0 Å². The summed E-state index contributed by atoms with van der Waals surface area (Å²) in [6, 6.07) is 20.1. The van der Waals surface area contributed by atoms with E-state index < -0.39 is 6.10 Å². The molecule has 0 unspecified atom stereocenters. The van der Waals surface area contributed by atoms with Gasteiger partial charge >= 0.3 is 0 Å². The van der Waals surface area contributed by atoms with E-state index in [0.717, 1.165) is 0 Å². The van der Waals surface area contributed by atoms with Gasteiger partial charge in [-0.05, 0) is 17.5 Å². The average molecular weight is 310 g/mol. The molecule has 2 atom stereocenters. The quantitative estimate of drug-likeness (QED) is 0.787. The number of β-amino-alcohol motifs (C(OH)–C–C–N with tert-alkyl or cyclic N) is 1. The van der Waals surface area contributed by atoms with Crippen LogP contribution >= 0.6 is 0 Å². The molecule has 120 valence electrons. The molecule has 1 fully saturated rings. The number of nitrogens with one attached hydrogen (secondary N) is 2. The summed E-state index contributed by atoms with van der Waals surface area (Å²) in [5.41, 5.74) is 2.36. The van der Waals surface area contributed by atoms with Crippen molar-refractivity contribution in [3.63, 3.8) is 0 Å². The number of hydrogen-bond donors (Lipinski definition) is 3. The first-order chi connectivity index (χ1) is 11.2.